The summed E-state index contributed by atoms with van der Waals surface area (Å²) in [6, 6.07) is 5.60. The van der Waals surface area contributed by atoms with Gasteiger partial charge < -0.3 is 4.74 Å². The molecule has 21 heavy (non-hydrogen) atoms. The van der Waals surface area contributed by atoms with Crippen LogP contribution in [0.15, 0.2) is 23.1 Å². The quantitative estimate of drug-likeness (QED) is 0.840. The number of benzene rings is 1. The second-order valence-corrected chi connectivity index (χ2v) is 7.71. The Morgan fingerprint density at radius 2 is 2.10 bits per heavy atom. The zero-order valence-electron chi connectivity index (χ0n) is 13.1. The molecule has 0 aromatic heterocycles. The molecule has 0 bridgehead atoms. The topological polar surface area (TPSA) is 46.6 Å². The van der Waals surface area contributed by atoms with Crippen molar-refractivity contribution >= 4 is 10.0 Å². The Balaban J connectivity index is 2.20. The molecule has 1 unspecified atom stereocenters. The summed E-state index contributed by atoms with van der Waals surface area (Å²) in [5.74, 6) is 0.304. The van der Waals surface area contributed by atoms with Crippen molar-refractivity contribution in [1.29, 1.82) is 0 Å². The normalized spacial score (nSPS) is 20.6. The molecule has 1 aromatic rings. The largest absolute Gasteiger partial charge is 0.381 e. The van der Waals surface area contributed by atoms with Gasteiger partial charge in [0.25, 0.3) is 0 Å². The van der Waals surface area contributed by atoms with Crippen molar-refractivity contribution in [2.24, 2.45) is 5.92 Å². The summed E-state index contributed by atoms with van der Waals surface area (Å²) in [5.41, 5.74) is 1.79. The van der Waals surface area contributed by atoms with Gasteiger partial charge in [-0.1, -0.05) is 12.1 Å². The Morgan fingerprint density at radius 3 is 2.81 bits per heavy atom. The lowest BCUT2D eigenvalue weighted by Crippen LogP contribution is -2.41. The Labute approximate surface area is 128 Å². The Bertz CT molecular complexity index is 583. The van der Waals surface area contributed by atoms with E-state index in [1.807, 2.05) is 32.9 Å². The standard InChI is InChI=1S/C16H25NO3S/c1-4-20-12-15-6-5-9-17(11-15)21(18,19)16-10-13(2)7-8-14(16)3/h7-8,10,15H,4-6,9,11-12H2,1-3H3. The predicted molar refractivity (Wildman–Crippen MR) is 83.9 cm³/mol. The number of ether oxygens (including phenoxy) is 1. The van der Waals surface area contributed by atoms with E-state index in [1.54, 1.807) is 10.4 Å². The second-order valence-electron chi connectivity index (χ2n) is 5.80. The lowest BCUT2D eigenvalue weighted by Gasteiger charge is -2.32. The van der Waals surface area contributed by atoms with E-state index < -0.39 is 10.0 Å². The van der Waals surface area contributed by atoms with E-state index in [1.165, 1.54) is 0 Å². The van der Waals surface area contributed by atoms with Gasteiger partial charge in [-0.2, -0.15) is 4.31 Å². The van der Waals surface area contributed by atoms with E-state index in [4.69, 9.17) is 4.74 Å². The molecule has 0 amide bonds. The molecule has 0 spiro atoms. The van der Waals surface area contributed by atoms with Crippen molar-refractivity contribution in [2.75, 3.05) is 26.3 Å². The van der Waals surface area contributed by atoms with E-state index in [0.717, 1.165) is 24.0 Å². The van der Waals surface area contributed by atoms with E-state index >= 15 is 0 Å². The third-order valence-corrected chi connectivity index (χ3v) is 6.01. The smallest absolute Gasteiger partial charge is 0.243 e. The molecule has 1 atom stereocenters. The first-order valence-corrected chi connectivity index (χ1v) is 9.04. The molecule has 1 aliphatic rings. The van der Waals surface area contributed by atoms with Crippen LogP contribution in [0.5, 0.6) is 0 Å². The fraction of sp³-hybridized carbons (Fsp3) is 0.625. The highest BCUT2D eigenvalue weighted by atomic mass is 32.2. The Hall–Kier alpha value is -0.910. The van der Waals surface area contributed by atoms with Crippen LogP contribution in [0.3, 0.4) is 0 Å². The molecule has 1 aromatic carbocycles. The number of hydrogen-bond acceptors (Lipinski definition) is 3. The van der Waals surface area contributed by atoms with Crippen LogP contribution in [0.4, 0.5) is 0 Å². The van der Waals surface area contributed by atoms with Gasteiger partial charge >= 0.3 is 0 Å². The van der Waals surface area contributed by atoms with Crippen LogP contribution in [0.2, 0.25) is 0 Å². The third kappa shape index (κ3) is 3.84. The highest BCUT2D eigenvalue weighted by Gasteiger charge is 2.31. The van der Waals surface area contributed by atoms with E-state index in [9.17, 15) is 8.42 Å². The molecule has 1 aliphatic heterocycles. The molecular weight excluding hydrogens is 286 g/mol. The Morgan fingerprint density at radius 1 is 1.33 bits per heavy atom. The fourth-order valence-corrected chi connectivity index (χ4v) is 4.65. The van der Waals surface area contributed by atoms with Gasteiger partial charge in [-0.15, -0.1) is 0 Å². The summed E-state index contributed by atoms with van der Waals surface area (Å²) < 4.78 is 32.8. The van der Waals surface area contributed by atoms with Gasteiger partial charge in [-0.05, 0) is 56.7 Å². The van der Waals surface area contributed by atoms with Gasteiger partial charge in [0.1, 0.15) is 0 Å². The molecule has 0 aliphatic carbocycles. The second kappa shape index (κ2) is 6.90. The number of hydrogen-bond donors (Lipinski definition) is 0. The summed E-state index contributed by atoms with van der Waals surface area (Å²) in [6.45, 7) is 8.25. The monoisotopic (exact) mass is 311 g/mol. The molecule has 0 saturated carbocycles. The molecule has 0 N–H and O–H groups in total. The highest BCUT2D eigenvalue weighted by Crippen LogP contribution is 2.26. The average molecular weight is 311 g/mol. The summed E-state index contributed by atoms with van der Waals surface area (Å²) >= 11 is 0. The number of piperidine rings is 1. The molecule has 2 rings (SSSR count). The molecule has 4 nitrogen and oxygen atoms in total. The lowest BCUT2D eigenvalue weighted by molar-refractivity contribution is 0.0864. The van der Waals surface area contributed by atoms with Gasteiger partial charge in [0.15, 0.2) is 0 Å². The Kier molecular flexibility index (Phi) is 5.41. The van der Waals surface area contributed by atoms with Gasteiger partial charge in [-0.25, -0.2) is 8.42 Å². The van der Waals surface area contributed by atoms with E-state index in [-0.39, 0.29) is 0 Å². The molecule has 1 saturated heterocycles. The van der Waals surface area contributed by atoms with Crippen molar-refractivity contribution in [2.45, 2.75) is 38.5 Å². The van der Waals surface area contributed by atoms with Crippen LogP contribution in [0.25, 0.3) is 0 Å². The van der Waals surface area contributed by atoms with Crippen molar-refractivity contribution in [3.05, 3.63) is 29.3 Å². The van der Waals surface area contributed by atoms with Gasteiger partial charge in [-0.3, -0.25) is 0 Å². The highest BCUT2D eigenvalue weighted by molar-refractivity contribution is 7.89. The van der Waals surface area contributed by atoms with Crippen molar-refractivity contribution < 1.29 is 13.2 Å². The van der Waals surface area contributed by atoms with Crippen LogP contribution in [0.1, 0.15) is 30.9 Å². The number of rotatable bonds is 5. The first kappa shape index (κ1) is 16.5. The van der Waals surface area contributed by atoms with Crippen LogP contribution < -0.4 is 0 Å². The molecule has 1 heterocycles. The summed E-state index contributed by atoms with van der Waals surface area (Å²) in [7, 11) is -3.40. The predicted octanol–water partition coefficient (Wildman–Crippen LogP) is 2.74. The zero-order valence-corrected chi connectivity index (χ0v) is 13.9. The zero-order chi connectivity index (χ0) is 15.5. The lowest BCUT2D eigenvalue weighted by atomic mass is 10.0. The first-order chi connectivity index (χ1) is 9.95. The molecular formula is C16H25NO3S. The van der Waals surface area contributed by atoms with E-state index in [0.29, 0.717) is 37.1 Å². The SMILES string of the molecule is CCOCC1CCCN(S(=O)(=O)c2cc(C)ccc2C)C1. The van der Waals surface area contributed by atoms with Gasteiger partial charge in [0.05, 0.1) is 11.5 Å². The van der Waals surface area contributed by atoms with Gasteiger partial charge in [0.2, 0.25) is 10.0 Å². The number of sulfonamides is 1. The maximum atomic E-state index is 12.9. The first-order valence-electron chi connectivity index (χ1n) is 7.60. The maximum absolute atomic E-state index is 12.9. The van der Waals surface area contributed by atoms with Crippen LogP contribution in [0, 0.1) is 19.8 Å². The maximum Gasteiger partial charge on any atom is 0.243 e. The van der Waals surface area contributed by atoms with Crippen molar-refractivity contribution in [1.82, 2.24) is 4.31 Å². The molecule has 1 fully saturated rings. The fourth-order valence-electron chi connectivity index (χ4n) is 2.79. The minimum atomic E-state index is -3.40. The van der Waals surface area contributed by atoms with Crippen LogP contribution >= 0.6 is 0 Å². The molecule has 0 radical (unpaired) electrons. The minimum Gasteiger partial charge on any atom is -0.381 e. The summed E-state index contributed by atoms with van der Waals surface area (Å²) in [6.07, 6.45) is 1.95. The van der Waals surface area contributed by atoms with E-state index in [2.05, 4.69) is 0 Å². The van der Waals surface area contributed by atoms with Crippen molar-refractivity contribution in [3.63, 3.8) is 0 Å². The molecule has 5 heteroatoms. The van der Waals surface area contributed by atoms with Crippen LogP contribution in [-0.4, -0.2) is 39.0 Å². The van der Waals surface area contributed by atoms with Crippen molar-refractivity contribution in [3.8, 4) is 0 Å². The third-order valence-electron chi connectivity index (χ3n) is 4.00. The summed E-state index contributed by atoms with van der Waals surface area (Å²) in [5, 5.41) is 0. The summed E-state index contributed by atoms with van der Waals surface area (Å²) in [4.78, 5) is 0.444. The number of aryl methyl sites for hydroxylation is 2. The van der Waals surface area contributed by atoms with Crippen LogP contribution in [-0.2, 0) is 14.8 Å². The van der Waals surface area contributed by atoms with Gasteiger partial charge in [0, 0.05) is 19.7 Å². The minimum absolute atomic E-state index is 0.304. The number of nitrogens with zero attached hydrogens (tertiary/aromatic N) is 1. The average Bonchev–Trinajstić information content (AvgIpc) is 2.48. The molecule has 118 valence electrons.